The normalized spacial score (nSPS) is 10.6. The van der Waals surface area contributed by atoms with Crippen molar-refractivity contribution in [1.82, 2.24) is 9.78 Å². The van der Waals surface area contributed by atoms with Crippen LogP contribution in [0.4, 0.5) is 0 Å². The molecule has 1 heterocycles. The summed E-state index contributed by atoms with van der Waals surface area (Å²) in [4.78, 5) is 12.9. The third-order valence-corrected chi connectivity index (χ3v) is 3.98. The summed E-state index contributed by atoms with van der Waals surface area (Å²) in [5, 5.41) is 4.89. The van der Waals surface area contributed by atoms with Gasteiger partial charge in [-0.1, -0.05) is 23.2 Å². The first-order chi connectivity index (χ1) is 8.56. The van der Waals surface area contributed by atoms with Gasteiger partial charge in [-0.25, -0.2) is 0 Å². The molecular formula is C12H10Cl2N2OS. The lowest BCUT2D eigenvalue weighted by atomic mass is 10.1. The Bertz CT molecular complexity index is 583. The Kier molecular flexibility index (Phi) is 4.32. The molecule has 0 aliphatic carbocycles. The Morgan fingerprint density at radius 3 is 2.78 bits per heavy atom. The Morgan fingerprint density at radius 1 is 1.39 bits per heavy atom. The third-order valence-electron chi connectivity index (χ3n) is 2.29. The molecule has 0 spiro atoms. The average Bonchev–Trinajstić information content (AvgIpc) is 2.75. The summed E-state index contributed by atoms with van der Waals surface area (Å²) in [7, 11) is 1.84. The van der Waals surface area contributed by atoms with E-state index in [4.69, 9.17) is 23.2 Å². The molecule has 0 N–H and O–H groups in total. The van der Waals surface area contributed by atoms with Crippen LogP contribution in [0.25, 0.3) is 0 Å². The van der Waals surface area contributed by atoms with Gasteiger partial charge in [0.1, 0.15) is 0 Å². The summed E-state index contributed by atoms with van der Waals surface area (Å²) in [5.74, 6) is 0.367. The number of carbonyl (C=O) groups excluding carboxylic acids is 1. The van der Waals surface area contributed by atoms with Gasteiger partial charge in [0.15, 0.2) is 5.78 Å². The number of aryl methyl sites for hydroxylation is 1. The van der Waals surface area contributed by atoms with Crippen molar-refractivity contribution in [1.29, 1.82) is 0 Å². The molecule has 6 heteroatoms. The van der Waals surface area contributed by atoms with Gasteiger partial charge in [0.05, 0.1) is 22.0 Å². The van der Waals surface area contributed by atoms with Crippen molar-refractivity contribution in [2.24, 2.45) is 7.05 Å². The number of thioether (sulfide) groups is 1. The number of rotatable bonds is 4. The largest absolute Gasteiger partial charge is 0.293 e. The molecule has 94 valence electrons. The minimum Gasteiger partial charge on any atom is -0.293 e. The molecule has 0 atom stereocenters. The highest BCUT2D eigenvalue weighted by Crippen LogP contribution is 2.24. The van der Waals surface area contributed by atoms with Crippen LogP contribution in [0.15, 0.2) is 35.5 Å². The van der Waals surface area contributed by atoms with Crippen LogP contribution in [0.3, 0.4) is 0 Å². The second-order valence-electron chi connectivity index (χ2n) is 3.69. The molecule has 2 aromatic rings. The summed E-state index contributed by atoms with van der Waals surface area (Å²) in [6.07, 6.45) is 3.60. The minimum atomic E-state index is 0.0161. The SMILES string of the molecule is Cn1cc(SCC(=O)c2ccc(Cl)c(Cl)c2)cn1. The maximum absolute atomic E-state index is 11.9. The number of halogens is 2. The van der Waals surface area contributed by atoms with Gasteiger partial charge in [-0.15, -0.1) is 11.8 Å². The van der Waals surface area contributed by atoms with E-state index in [9.17, 15) is 4.79 Å². The molecule has 0 bridgehead atoms. The molecule has 18 heavy (non-hydrogen) atoms. The van der Waals surface area contributed by atoms with E-state index in [0.717, 1.165) is 4.90 Å². The first-order valence-electron chi connectivity index (χ1n) is 5.16. The summed E-state index contributed by atoms with van der Waals surface area (Å²) < 4.78 is 1.70. The van der Waals surface area contributed by atoms with Crippen LogP contribution >= 0.6 is 35.0 Å². The molecule has 0 fully saturated rings. The second kappa shape index (κ2) is 5.78. The van der Waals surface area contributed by atoms with Crippen molar-refractivity contribution in [3.05, 3.63) is 46.2 Å². The van der Waals surface area contributed by atoms with Gasteiger partial charge in [-0.05, 0) is 18.2 Å². The molecule has 0 saturated carbocycles. The molecule has 0 aliphatic heterocycles. The van der Waals surface area contributed by atoms with Gasteiger partial charge in [0.25, 0.3) is 0 Å². The Balaban J connectivity index is 2.01. The monoisotopic (exact) mass is 300 g/mol. The summed E-state index contributed by atoms with van der Waals surface area (Å²) in [5.41, 5.74) is 0.570. The van der Waals surface area contributed by atoms with E-state index in [1.807, 2.05) is 13.2 Å². The Morgan fingerprint density at radius 2 is 2.17 bits per heavy atom. The molecule has 1 aromatic heterocycles. The van der Waals surface area contributed by atoms with Crippen molar-refractivity contribution in [2.75, 3.05) is 5.75 Å². The minimum absolute atomic E-state index is 0.0161. The van der Waals surface area contributed by atoms with E-state index in [-0.39, 0.29) is 5.78 Å². The first-order valence-corrected chi connectivity index (χ1v) is 6.90. The molecule has 0 saturated heterocycles. The smallest absolute Gasteiger partial charge is 0.173 e. The number of ketones is 1. The number of benzene rings is 1. The summed E-state index contributed by atoms with van der Waals surface area (Å²) >= 11 is 13.1. The van der Waals surface area contributed by atoms with Gasteiger partial charge >= 0.3 is 0 Å². The van der Waals surface area contributed by atoms with Crippen molar-refractivity contribution < 1.29 is 4.79 Å². The number of nitrogens with zero attached hydrogens (tertiary/aromatic N) is 2. The van der Waals surface area contributed by atoms with Crippen LogP contribution in [0.5, 0.6) is 0 Å². The van der Waals surface area contributed by atoms with Crippen molar-refractivity contribution >= 4 is 40.7 Å². The highest BCUT2D eigenvalue weighted by atomic mass is 35.5. The Labute approximate surface area is 119 Å². The zero-order valence-corrected chi connectivity index (χ0v) is 11.9. The lowest BCUT2D eigenvalue weighted by molar-refractivity contribution is 0.102. The zero-order chi connectivity index (χ0) is 13.1. The van der Waals surface area contributed by atoms with Crippen molar-refractivity contribution in [2.45, 2.75) is 4.90 Å². The van der Waals surface area contributed by atoms with E-state index in [0.29, 0.717) is 21.4 Å². The molecule has 2 rings (SSSR count). The molecule has 1 aromatic carbocycles. The van der Waals surface area contributed by atoms with Crippen LogP contribution in [-0.2, 0) is 7.05 Å². The van der Waals surface area contributed by atoms with Crippen LogP contribution < -0.4 is 0 Å². The fourth-order valence-electron chi connectivity index (χ4n) is 1.38. The molecule has 0 amide bonds. The van der Waals surface area contributed by atoms with Crippen LogP contribution in [0, 0.1) is 0 Å². The number of hydrogen-bond acceptors (Lipinski definition) is 3. The molecule has 0 aliphatic rings. The quantitative estimate of drug-likeness (QED) is 0.638. The van der Waals surface area contributed by atoms with Crippen molar-refractivity contribution in [3.8, 4) is 0 Å². The summed E-state index contributed by atoms with van der Waals surface area (Å²) in [6.45, 7) is 0. The highest BCUT2D eigenvalue weighted by Gasteiger charge is 2.09. The fraction of sp³-hybridized carbons (Fsp3) is 0.167. The van der Waals surface area contributed by atoms with E-state index >= 15 is 0 Å². The molecular weight excluding hydrogens is 291 g/mol. The second-order valence-corrected chi connectivity index (χ2v) is 5.55. The Hall–Kier alpha value is -0.970. The fourth-order valence-corrected chi connectivity index (χ4v) is 2.49. The topological polar surface area (TPSA) is 34.9 Å². The number of aromatic nitrogens is 2. The third kappa shape index (κ3) is 3.28. The molecule has 3 nitrogen and oxygen atoms in total. The zero-order valence-electron chi connectivity index (χ0n) is 9.56. The standard InChI is InChI=1S/C12H10Cl2N2OS/c1-16-6-9(5-15-16)18-7-12(17)8-2-3-10(13)11(14)4-8/h2-6H,7H2,1H3. The lowest BCUT2D eigenvalue weighted by Gasteiger charge is -2.01. The highest BCUT2D eigenvalue weighted by molar-refractivity contribution is 8.00. The van der Waals surface area contributed by atoms with Crippen molar-refractivity contribution in [3.63, 3.8) is 0 Å². The maximum atomic E-state index is 11.9. The number of hydrogen-bond donors (Lipinski definition) is 0. The van der Waals surface area contributed by atoms with Gasteiger partial charge in [0, 0.05) is 23.7 Å². The van der Waals surface area contributed by atoms with Gasteiger partial charge in [0.2, 0.25) is 0 Å². The lowest BCUT2D eigenvalue weighted by Crippen LogP contribution is -2.01. The number of carbonyl (C=O) groups is 1. The van der Waals surface area contributed by atoms with Gasteiger partial charge in [-0.2, -0.15) is 5.10 Å². The number of Topliss-reactive ketones (excluding diaryl/α,β-unsaturated/α-hetero) is 1. The summed E-state index contributed by atoms with van der Waals surface area (Å²) in [6, 6.07) is 4.90. The maximum Gasteiger partial charge on any atom is 0.173 e. The predicted molar refractivity (Wildman–Crippen MR) is 74.7 cm³/mol. The van der Waals surface area contributed by atoms with Crippen LogP contribution in [0.2, 0.25) is 10.0 Å². The van der Waals surface area contributed by atoms with E-state index < -0.39 is 0 Å². The van der Waals surface area contributed by atoms with Crippen LogP contribution in [0.1, 0.15) is 10.4 Å². The van der Waals surface area contributed by atoms with E-state index in [1.165, 1.54) is 11.8 Å². The molecule has 0 unspecified atom stereocenters. The van der Waals surface area contributed by atoms with E-state index in [1.54, 1.807) is 29.1 Å². The molecule has 0 radical (unpaired) electrons. The van der Waals surface area contributed by atoms with E-state index in [2.05, 4.69) is 5.10 Å². The van der Waals surface area contributed by atoms with Crippen LogP contribution in [-0.4, -0.2) is 21.3 Å². The average molecular weight is 301 g/mol. The first kappa shape index (κ1) is 13.5. The predicted octanol–water partition coefficient (Wildman–Crippen LogP) is 3.70. The van der Waals surface area contributed by atoms with Gasteiger partial charge in [-0.3, -0.25) is 9.48 Å². The van der Waals surface area contributed by atoms with Gasteiger partial charge < -0.3 is 0 Å².